The molecular formula is C16H27N3O. The fourth-order valence-corrected chi connectivity index (χ4v) is 3.48. The molecule has 0 amide bonds. The maximum Gasteiger partial charge on any atom is 0.128 e. The number of anilines is 1. The third-order valence-corrected chi connectivity index (χ3v) is 4.57. The lowest BCUT2D eigenvalue weighted by Gasteiger charge is -2.43. The lowest BCUT2D eigenvalue weighted by atomic mass is 9.76. The van der Waals surface area contributed by atoms with Crippen molar-refractivity contribution in [3.63, 3.8) is 0 Å². The summed E-state index contributed by atoms with van der Waals surface area (Å²) in [7, 11) is 1.83. The van der Waals surface area contributed by atoms with Gasteiger partial charge in [-0.1, -0.05) is 26.2 Å². The molecule has 1 aliphatic rings. The van der Waals surface area contributed by atoms with Crippen LogP contribution in [0.1, 0.15) is 56.2 Å². The van der Waals surface area contributed by atoms with Crippen molar-refractivity contribution < 1.29 is 4.74 Å². The largest absolute Gasteiger partial charge is 0.383 e. The molecule has 1 saturated carbocycles. The second-order valence-electron chi connectivity index (χ2n) is 5.75. The molecule has 2 rings (SSSR count). The highest BCUT2D eigenvalue weighted by molar-refractivity contribution is 5.47. The molecule has 0 spiro atoms. The Labute approximate surface area is 122 Å². The molecule has 3 N–H and O–H groups in total. The van der Waals surface area contributed by atoms with Gasteiger partial charge in [-0.25, -0.2) is 4.98 Å². The van der Waals surface area contributed by atoms with Gasteiger partial charge in [-0.3, -0.25) is 0 Å². The van der Waals surface area contributed by atoms with Crippen LogP contribution in [0.5, 0.6) is 0 Å². The summed E-state index contributed by atoms with van der Waals surface area (Å²) < 4.78 is 6.01. The molecule has 4 heteroatoms. The van der Waals surface area contributed by atoms with Gasteiger partial charge in [0.05, 0.1) is 11.6 Å². The summed E-state index contributed by atoms with van der Waals surface area (Å²) in [6, 6.07) is 2.15. The van der Waals surface area contributed by atoms with Gasteiger partial charge in [0.2, 0.25) is 0 Å². The number of hydrogen-bond donors (Lipinski definition) is 2. The number of nitrogen functional groups attached to an aromatic ring is 1. The van der Waals surface area contributed by atoms with Crippen LogP contribution in [0.3, 0.4) is 0 Å². The quantitative estimate of drug-likeness (QED) is 0.868. The molecule has 1 aromatic rings. The van der Waals surface area contributed by atoms with Gasteiger partial charge < -0.3 is 15.8 Å². The number of rotatable bonds is 5. The first-order valence-electron chi connectivity index (χ1n) is 7.64. The molecule has 1 aromatic heterocycles. The Balaban J connectivity index is 2.44. The van der Waals surface area contributed by atoms with Crippen molar-refractivity contribution in [2.24, 2.45) is 0 Å². The molecule has 1 unspecified atom stereocenters. The zero-order valence-electron chi connectivity index (χ0n) is 12.9. The number of hydrogen-bond acceptors (Lipinski definition) is 4. The maximum atomic E-state index is 6.17. The van der Waals surface area contributed by atoms with E-state index >= 15 is 0 Å². The number of nitrogens with zero attached hydrogens (tertiary/aromatic N) is 1. The van der Waals surface area contributed by atoms with E-state index in [1.807, 2.05) is 13.2 Å². The predicted molar refractivity (Wildman–Crippen MR) is 82.6 cm³/mol. The number of aryl methyl sites for hydroxylation is 1. The lowest BCUT2D eigenvalue weighted by molar-refractivity contribution is -0.0684. The van der Waals surface area contributed by atoms with Crippen molar-refractivity contribution in [1.29, 1.82) is 0 Å². The van der Waals surface area contributed by atoms with Gasteiger partial charge in [0.25, 0.3) is 0 Å². The van der Waals surface area contributed by atoms with E-state index in [9.17, 15) is 0 Å². The summed E-state index contributed by atoms with van der Waals surface area (Å²) in [5.74, 6) is 0.623. The van der Waals surface area contributed by atoms with Crippen LogP contribution in [0, 0.1) is 6.92 Å². The van der Waals surface area contributed by atoms with Crippen LogP contribution in [0.25, 0.3) is 0 Å². The van der Waals surface area contributed by atoms with Crippen molar-refractivity contribution >= 4 is 5.82 Å². The molecule has 0 saturated heterocycles. The van der Waals surface area contributed by atoms with Gasteiger partial charge in [0.15, 0.2) is 0 Å². The predicted octanol–water partition coefficient (Wildman–Crippen LogP) is 2.97. The molecule has 1 heterocycles. The summed E-state index contributed by atoms with van der Waals surface area (Å²) in [5.41, 5.74) is 8.30. The van der Waals surface area contributed by atoms with E-state index in [4.69, 9.17) is 10.5 Å². The third kappa shape index (κ3) is 2.81. The van der Waals surface area contributed by atoms with E-state index in [2.05, 4.69) is 24.1 Å². The van der Waals surface area contributed by atoms with E-state index < -0.39 is 0 Å². The highest BCUT2D eigenvalue weighted by Crippen LogP contribution is 2.43. The van der Waals surface area contributed by atoms with Crippen molar-refractivity contribution in [1.82, 2.24) is 10.3 Å². The Bertz CT molecular complexity index is 421. The standard InChI is InChI=1S/C16H27N3O/c1-4-18-14(13-12(2)8-11-19-15(13)17)16(20-3)9-6-5-7-10-16/h8,11,14,18H,4-7,9-10H2,1-3H3,(H2,17,19). The van der Waals surface area contributed by atoms with Gasteiger partial charge in [-0.15, -0.1) is 0 Å². The van der Waals surface area contributed by atoms with Gasteiger partial charge in [0.1, 0.15) is 5.82 Å². The van der Waals surface area contributed by atoms with Gasteiger partial charge in [-0.05, 0) is 37.9 Å². The van der Waals surface area contributed by atoms with Crippen LogP contribution in [-0.4, -0.2) is 24.2 Å². The van der Waals surface area contributed by atoms with Crippen molar-refractivity contribution in [3.8, 4) is 0 Å². The Hall–Kier alpha value is -1.13. The molecule has 1 atom stereocenters. The number of likely N-dealkylation sites (N-methyl/N-ethyl adjacent to an activating group) is 1. The molecule has 112 valence electrons. The molecule has 4 nitrogen and oxygen atoms in total. The molecule has 1 fully saturated rings. The second-order valence-corrected chi connectivity index (χ2v) is 5.75. The highest BCUT2D eigenvalue weighted by atomic mass is 16.5. The van der Waals surface area contributed by atoms with E-state index in [-0.39, 0.29) is 11.6 Å². The molecular weight excluding hydrogens is 250 g/mol. The molecule has 0 bridgehead atoms. The van der Waals surface area contributed by atoms with E-state index in [0.717, 1.165) is 24.9 Å². The van der Waals surface area contributed by atoms with Gasteiger partial charge >= 0.3 is 0 Å². The monoisotopic (exact) mass is 277 g/mol. The average Bonchev–Trinajstić information content (AvgIpc) is 2.47. The highest BCUT2D eigenvalue weighted by Gasteiger charge is 2.42. The average molecular weight is 277 g/mol. The van der Waals surface area contributed by atoms with Crippen LogP contribution in [0.2, 0.25) is 0 Å². The van der Waals surface area contributed by atoms with E-state index in [1.165, 1.54) is 24.8 Å². The summed E-state index contributed by atoms with van der Waals surface area (Å²) in [4.78, 5) is 4.29. The number of pyridine rings is 1. The van der Waals surface area contributed by atoms with Crippen molar-refractivity contribution in [2.45, 2.75) is 57.6 Å². The first-order chi connectivity index (χ1) is 9.64. The minimum absolute atomic E-state index is 0.117. The number of methoxy groups -OCH3 is 1. The molecule has 20 heavy (non-hydrogen) atoms. The zero-order valence-corrected chi connectivity index (χ0v) is 12.9. The fourth-order valence-electron chi connectivity index (χ4n) is 3.48. The van der Waals surface area contributed by atoms with Gasteiger partial charge in [0, 0.05) is 18.9 Å². The smallest absolute Gasteiger partial charge is 0.128 e. The van der Waals surface area contributed by atoms with Crippen LogP contribution in [0.4, 0.5) is 5.82 Å². The molecule has 1 aliphatic carbocycles. The summed E-state index contributed by atoms with van der Waals surface area (Å²) in [5, 5.41) is 3.60. The van der Waals surface area contributed by atoms with Crippen LogP contribution >= 0.6 is 0 Å². The maximum absolute atomic E-state index is 6.17. The van der Waals surface area contributed by atoms with Crippen molar-refractivity contribution in [2.75, 3.05) is 19.4 Å². The topological polar surface area (TPSA) is 60.2 Å². The van der Waals surface area contributed by atoms with E-state index in [1.54, 1.807) is 6.20 Å². The Morgan fingerprint density at radius 2 is 2.10 bits per heavy atom. The van der Waals surface area contributed by atoms with Gasteiger partial charge in [-0.2, -0.15) is 0 Å². The van der Waals surface area contributed by atoms with Crippen LogP contribution in [-0.2, 0) is 4.74 Å². The minimum Gasteiger partial charge on any atom is -0.383 e. The number of nitrogens with two attached hydrogens (primary N) is 1. The van der Waals surface area contributed by atoms with Crippen molar-refractivity contribution in [3.05, 3.63) is 23.4 Å². The Morgan fingerprint density at radius 3 is 2.65 bits per heavy atom. The number of ether oxygens (including phenoxy) is 1. The SMILES string of the molecule is CCNC(c1c(C)ccnc1N)C1(OC)CCCCC1. The molecule has 0 aliphatic heterocycles. The molecule has 0 radical (unpaired) electrons. The van der Waals surface area contributed by atoms with Crippen LogP contribution < -0.4 is 11.1 Å². The second kappa shape index (κ2) is 6.55. The Kier molecular flexibility index (Phi) is 5.00. The number of nitrogens with one attached hydrogen (secondary N) is 1. The zero-order chi connectivity index (χ0) is 14.6. The Morgan fingerprint density at radius 1 is 1.40 bits per heavy atom. The first kappa shape index (κ1) is 15.3. The van der Waals surface area contributed by atoms with E-state index in [0.29, 0.717) is 5.82 Å². The first-order valence-corrected chi connectivity index (χ1v) is 7.64. The third-order valence-electron chi connectivity index (χ3n) is 4.57. The summed E-state index contributed by atoms with van der Waals surface area (Å²) in [6.45, 7) is 5.12. The fraction of sp³-hybridized carbons (Fsp3) is 0.688. The molecule has 0 aromatic carbocycles. The summed E-state index contributed by atoms with van der Waals surface area (Å²) in [6.07, 6.45) is 7.66. The lowest BCUT2D eigenvalue weighted by Crippen LogP contribution is -2.47. The normalized spacial score (nSPS) is 19.8. The summed E-state index contributed by atoms with van der Waals surface area (Å²) >= 11 is 0. The number of aromatic nitrogens is 1. The van der Waals surface area contributed by atoms with Crippen LogP contribution in [0.15, 0.2) is 12.3 Å². The minimum atomic E-state index is -0.157.